The molecule has 2 amide bonds. The zero-order valence-electron chi connectivity index (χ0n) is 11.2. The van der Waals surface area contributed by atoms with E-state index in [1.807, 2.05) is 18.7 Å². The molecule has 0 aliphatic carbocycles. The number of hydrogen-bond donors (Lipinski definition) is 2. The normalized spacial score (nSPS) is 22.4. The number of nitrogens with two attached hydrogens (primary N) is 1. The summed E-state index contributed by atoms with van der Waals surface area (Å²) in [5.41, 5.74) is 6.82. The highest BCUT2D eigenvalue weighted by Crippen LogP contribution is 2.25. The van der Waals surface area contributed by atoms with Crippen LogP contribution in [0.3, 0.4) is 0 Å². The van der Waals surface area contributed by atoms with Crippen LogP contribution in [0, 0.1) is 13.8 Å². The Morgan fingerprint density at radius 3 is 2.89 bits per heavy atom. The first-order chi connectivity index (χ1) is 9.06. The van der Waals surface area contributed by atoms with E-state index in [1.165, 1.54) is 0 Å². The fourth-order valence-electron chi connectivity index (χ4n) is 2.74. The van der Waals surface area contributed by atoms with Crippen molar-refractivity contribution in [3.05, 3.63) is 11.4 Å². The van der Waals surface area contributed by atoms with Crippen LogP contribution < -0.4 is 16.0 Å². The lowest BCUT2D eigenvalue weighted by Gasteiger charge is -2.37. The SMILES string of the molecule is Cc1nc(N)c(C)c(N2CCN3C(=O)NCC3C2)n1. The minimum absolute atomic E-state index is 0.0414. The van der Waals surface area contributed by atoms with Gasteiger partial charge in [0.05, 0.1) is 6.04 Å². The van der Waals surface area contributed by atoms with E-state index >= 15 is 0 Å². The van der Waals surface area contributed by atoms with E-state index in [-0.39, 0.29) is 12.1 Å². The Morgan fingerprint density at radius 1 is 1.32 bits per heavy atom. The van der Waals surface area contributed by atoms with Gasteiger partial charge in [-0.25, -0.2) is 14.8 Å². The number of nitrogen functional groups attached to an aromatic ring is 1. The number of anilines is 2. The molecule has 3 N–H and O–H groups in total. The summed E-state index contributed by atoms with van der Waals surface area (Å²) >= 11 is 0. The summed E-state index contributed by atoms with van der Waals surface area (Å²) in [5.74, 6) is 2.11. The summed E-state index contributed by atoms with van der Waals surface area (Å²) in [5, 5.41) is 2.87. The topological polar surface area (TPSA) is 87.4 Å². The number of aryl methyl sites for hydroxylation is 1. The molecule has 1 aromatic rings. The van der Waals surface area contributed by atoms with Crippen molar-refractivity contribution in [2.24, 2.45) is 0 Å². The lowest BCUT2D eigenvalue weighted by Crippen LogP contribution is -2.52. The molecule has 1 atom stereocenters. The van der Waals surface area contributed by atoms with Gasteiger partial charge in [0, 0.05) is 31.7 Å². The van der Waals surface area contributed by atoms with Crippen molar-refractivity contribution in [1.29, 1.82) is 0 Å². The van der Waals surface area contributed by atoms with Crippen LogP contribution in [0.25, 0.3) is 0 Å². The fraction of sp³-hybridized carbons (Fsp3) is 0.583. The second-order valence-electron chi connectivity index (χ2n) is 5.08. The van der Waals surface area contributed by atoms with Gasteiger partial charge in [-0.3, -0.25) is 0 Å². The Morgan fingerprint density at radius 2 is 2.11 bits per heavy atom. The number of nitrogens with one attached hydrogen (secondary N) is 1. The Kier molecular flexibility index (Phi) is 2.69. The zero-order chi connectivity index (χ0) is 13.6. The summed E-state index contributed by atoms with van der Waals surface area (Å²) in [6.07, 6.45) is 0. The number of nitrogens with zero attached hydrogens (tertiary/aromatic N) is 4. The molecule has 0 bridgehead atoms. The third kappa shape index (κ3) is 1.94. The van der Waals surface area contributed by atoms with Crippen molar-refractivity contribution < 1.29 is 4.79 Å². The predicted octanol–water partition coefficient (Wildman–Crippen LogP) is -0.111. The number of urea groups is 1. The van der Waals surface area contributed by atoms with E-state index in [0.29, 0.717) is 18.2 Å². The molecule has 0 aromatic carbocycles. The average Bonchev–Trinajstić information content (AvgIpc) is 2.75. The number of fused-ring (bicyclic) bond motifs is 1. The van der Waals surface area contributed by atoms with E-state index in [9.17, 15) is 4.79 Å². The maximum atomic E-state index is 11.6. The van der Waals surface area contributed by atoms with Gasteiger partial charge in [0.1, 0.15) is 17.5 Å². The first kappa shape index (κ1) is 12.0. The van der Waals surface area contributed by atoms with Gasteiger partial charge in [-0.05, 0) is 13.8 Å². The van der Waals surface area contributed by atoms with Gasteiger partial charge in [-0.15, -0.1) is 0 Å². The number of piperazine rings is 1. The van der Waals surface area contributed by atoms with Crippen molar-refractivity contribution in [2.75, 3.05) is 36.8 Å². The van der Waals surface area contributed by atoms with E-state index in [1.54, 1.807) is 0 Å². The molecule has 0 saturated carbocycles. The molecule has 2 fully saturated rings. The number of hydrogen-bond acceptors (Lipinski definition) is 5. The molecule has 2 aliphatic heterocycles. The van der Waals surface area contributed by atoms with Gasteiger partial charge in [-0.2, -0.15) is 0 Å². The number of aromatic nitrogens is 2. The average molecular weight is 262 g/mol. The van der Waals surface area contributed by atoms with Crippen LogP contribution in [0.5, 0.6) is 0 Å². The third-order valence-corrected chi connectivity index (χ3v) is 3.80. The third-order valence-electron chi connectivity index (χ3n) is 3.80. The lowest BCUT2D eigenvalue weighted by molar-refractivity contribution is 0.197. The quantitative estimate of drug-likeness (QED) is 0.737. The highest BCUT2D eigenvalue weighted by atomic mass is 16.2. The van der Waals surface area contributed by atoms with E-state index in [4.69, 9.17) is 5.73 Å². The van der Waals surface area contributed by atoms with Crippen molar-refractivity contribution in [3.8, 4) is 0 Å². The molecule has 0 radical (unpaired) electrons. The van der Waals surface area contributed by atoms with Gasteiger partial charge in [0.2, 0.25) is 0 Å². The molecule has 7 nitrogen and oxygen atoms in total. The molecule has 0 spiro atoms. The Bertz CT molecular complexity index is 531. The highest BCUT2D eigenvalue weighted by Gasteiger charge is 2.36. The molecule has 1 unspecified atom stereocenters. The molecule has 2 saturated heterocycles. The summed E-state index contributed by atoms with van der Waals surface area (Å²) in [6, 6.07) is 0.261. The van der Waals surface area contributed by atoms with Crippen LogP contribution in [0.2, 0.25) is 0 Å². The van der Waals surface area contributed by atoms with Crippen molar-refractivity contribution in [2.45, 2.75) is 19.9 Å². The van der Waals surface area contributed by atoms with Crippen molar-refractivity contribution in [3.63, 3.8) is 0 Å². The summed E-state index contributed by atoms with van der Waals surface area (Å²) in [4.78, 5) is 24.3. The molecule has 3 rings (SSSR count). The minimum Gasteiger partial charge on any atom is -0.383 e. The maximum Gasteiger partial charge on any atom is 0.317 e. The summed E-state index contributed by atoms with van der Waals surface area (Å²) < 4.78 is 0. The second-order valence-corrected chi connectivity index (χ2v) is 5.08. The zero-order valence-corrected chi connectivity index (χ0v) is 11.2. The Labute approximate surface area is 111 Å². The number of rotatable bonds is 1. The fourth-order valence-corrected chi connectivity index (χ4v) is 2.74. The molecule has 1 aromatic heterocycles. The molecular weight excluding hydrogens is 244 g/mol. The van der Waals surface area contributed by atoms with E-state index in [0.717, 1.165) is 31.0 Å². The maximum absolute atomic E-state index is 11.6. The van der Waals surface area contributed by atoms with Gasteiger partial charge in [-0.1, -0.05) is 0 Å². The largest absolute Gasteiger partial charge is 0.383 e. The van der Waals surface area contributed by atoms with Crippen LogP contribution in [-0.2, 0) is 0 Å². The van der Waals surface area contributed by atoms with Gasteiger partial charge >= 0.3 is 6.03 Å². The summed E-state index contributed by atoms with van der Waals surface area (Å²) in [7, 11) is 0. The first-order valence-corrected chi connectivity index (χ1v) is 6.46. The van der Waals surface area contributed by atoms with E-state index in [2.05, 4.69) is 20.2 Å². The molecule has 3 heterocycles. The van der Waals surface area contributed by atoms with Crippen LogP contribution in [0.15, 0.2) is 0 Å². The molecule has 102 valence electrons. The van der Waals surface area contributed by atoms with Crippen LogP contribution in [0.4, 0.5) is 16.4 Å². The Balaban J connectivity index is 1.86. The first-order valence-electron chi connectivity index (χ1n) is 6.46. The number of carbonyl (C=O) groups excluding carboxylic acids is 1. The molecule has 2 aliphatic rings. The predicted molar refractivity (Wildman–Crippen MR) is 72.0 cm³/mol. The van der Waals surface area contributed by atoms with Gasteiger partial charge in [0.15, 0.2) is 0 Å². The van der Waals surface area contributed by atoms with Crippen molar-refractivity contribution >= 4 is 17.7 Å². The second kappa shape index (κ2) is 4.25. The highest BCUT2D eigenvalue weighted by molar-refractivity contribution is 5.77. The van der Waals surface area contributed by atoms with Crippen molar-refractivity contribution in [1.82, 2.24) is 20.2 Å². The molecule has 7 heteroatoms. The summed E-state index contributed by atoms with van der Waals surface area (Å²) in [6.45, 7) is 6.77. The number of amides is 2. The monoisotopic (exact) mass is 262 g/mol. The van der Waals surface area contributed by atoms with Crippen LogP contribution in [-0.4, -0.2) is 53.1 Å². The Hall–Kier alpha value is -2.05. The molecular formula is C12H18N6O. The minimum atomic E-state index is 0.0414. The lowest BCUT2D eigenvalue weighted by atomic mass is 10.1. The van der Waals surface area contributed by atoms with Gasteiger partial charge < -0.3 is 20.9 Å². The van der Waals surface area contributed by atoms with Gasteiger partial charge in [0.25, 0.3) is 0 Å². The molecule has 19 heavy (non-hydrogen) atoms. The number of carbonyl (C=O) groups is 1. The smallest absolute Gasteiger partial charge is 0.317 e. The van der Waals surface area contributed by atoms with Crippen LogP contribution in [0.1, 0.15) is 11.4 Å². The van der Waals surface area contributed by atoms with E-state index < -0.39 is 0 Å². The van der Waals surface area contributed by atoms with Crippen LogP contribution >= 0.6 is 0 Å². The standard InChI is InChI=1S/C12H18N6O/c1-7-10(13)15-8(2)16-11(7)17-3-4-18-9(6-17)5-14-12(18)19/h9H,3-6H2,1-2H3,(H,14,19)(H2,13,15,16).